The molecule has 2 N–H and O–H groups in total. The molecule has 1 unspecified atom stereocenters. The lowest BCUT2D eigenvalue weighted by Crippen LogP contribution is -2.38. The second-order valence-electron chi connectivity index (χ2n) is 7.40. The molecule has 0 aromatic rings. The van der Waals surface area contributed by atoms with Crippen molar-refractivity contribution in [3.05, 3.63) is 0 Å². The molecular weight excluding hydrogens is 415 g/mol. The molecule has 1 aliphatic heterocycles. The van der Waals surface area contributed by atoms with Gasteiger partial charge in [-0.15, -0.1) is 24.0 Å². The van der Waals surface area contributed by atoms with Gasteiger partial charge in [0.1, 0.15) is 0 Å². The van der Waals surface area contributed by atoms with Crippen molar-refractivity contribution in [2.75, 3.05) is 45.9 Å². The van der Waals surface area contributed by atoms with Gasteiger partial charge < -0.3 is 20.3 Å². The van der Waals surface area contributed by atoms with Gasteiger partial charge in [-0.05, 0) is 63.8 Å². The van der Waals surface area contributed by atoms with Crippen molar-refractivity contribution in [2.45, 2.75) is 51.5 Å². The summed E-state index contributed by atoms with van der Waals surface area (Å²) < 4.78 is 5.67. The topological polar surface area (TPSA) is 48.9 Å². The minimum Gasteiger partial charge on any atom is -0.381 e. The lowest BCUT2D eigenvalue weighted by Gasteiger charge is -2.15. The predicted octanol–water partition coefficient (Wildman–Crippen LogP) is 2.46. The minimum absolute atomic E-state index is 0. The van der Waals surface area contributed by atoms with Crippen molar-refractivity contribution in [2.24, 2.45) is 16.8 Å². The Morgan fingerprint density at radius 1 is 1.12 bits per heavy atom. The number of likely N-dealkylation sites (tertiary alicyclic amines) is 1. The fraction of sp³-hybridized carbons (Fsp3) is 0.944. The Hall–Kier alpha value is -0.0800. The van der Waals surface area contributed by atoms with Gasteiger partial charge >= 0.3 is 0 Å². The normalized spacial score (nSPS) is 24.7. The summed E-state index contributed by atoms with van der Waals surface area (Å²) in [6.45, 7) is 9.31. The minimum atomic E-state index is 0. The molecule has 0 aromatic heterocycles. The van der Waals surface area contributed by atoms with Crippen molar-refractivity contribution in [3.8, 4) is 0 Å². The number of nitrogens with one attached hydrogen (secondary N) is 2. The molecule has 5 nitrogen and oxygen atoms in total. The molecule has 0 bridgehead atoms. The van der Waals surface area contributed by atoms with Gasteiger partial charge in [-0.25, -0.2) is 0 Å². The summed E-state index contributed by atoms with van der Waals surface area (Å²) in [4.78, 5) is 7.46. The average molecular weight is 450 g/mol. The zero-order valence-corrected chi connectivity index (χ0v) is 17.5. The molecule has 3 aliphatic rings. The van der Waals surface area contributed by atoms with Gasteiger partial charge in [0.2, 0.25) is 0 Å². The van der Waals surface area contributed by atoms with Crippen LogP contribution in [0.25, 0.3) is 0 Å². The van der Waals surface area contributed by atoms with Gasteiger partial charge in [0.15, 0.2) is 5.96 Å². The van der Waals surface area contributed by atoms with Crippen molar-refractivity contribution < 1.29 is 4.74 Å². The van der Waals surface area contributed by atoms with E-state index in [4.69, 9.17) is 9.73 Å². The van der Waals surface area contributed by atoms with E-state index in [1.807, 2.05) is 0 Å². The van der Waals surface area contributed by atoms with Crippen LogP contribution in [-0.4, -0.2) is 62.8 Å². The Morgan fingerprint density at radius 2 is 1.96 bits per heavy atom. The van der Waals surface area contributed by atoms with E-state index in [0.29, 0.717) is 0 Å². The van der Waals surface area contributed by atoms with Crippen molar-refractivity contribution in [1.29, 1.82) is 0 Å². The second kappa shape index (κ2) is 10.8. The van der Waals surface area contributed by atoms with Crippen LogP contribution < -0.4 is 10.6 Å². The zero-order valence-electron chi connectivity index (χ0n) is 15.1. The van der Waals surface area contributed by atoms with Gasteiger partial charge in [0, 0.05) is 45.4 Å². The third-order valence-electron chi connectivity index (χ3n) is 5.04. The van der Waals surface area contributed by atoms with Gasteiger partial charge in [-0.2, -0.15) is 0 Å². The summed E-state index contributed by atoms with van der Waals surface area (Å²) in [5.41, 5.74) is 0. The number of halogens is 1. The van der Waals surface area contributed by atoms with Crippen LogP contribution in [0.1, 0.15) is 45.4 Å². The van der Waals surface area contributed by atoms with Crippen LogP contribution in [-0.2, 0) is 4.74 Å². The third kappa shape index (κ3) is 7.44. The van der Waals surface area contributed by atoms with Crippen LogP contribution in [0, 0.1) is 11.8 Å². The number of hydrogen-bond acceptors (Lipinski definition) is 3. The van der Waals surface area contributed by atoms with Crippen LogP contribution in [0.5, 0.6) is 0 Å². The Labute approximate surface area is 164 Å². The number of guanidine groups is 1. The van der Waals surface area contributed by atoms with E-state index in [-0.39, 0.29) is 24.0 Å². The van der Waals surface area contributed by atoms with Crippen LogP contribution >= 0.6 is 24.0 Å². The maximum absolute atomic E-state index is 5.67. The molecule has 0 spiro atoms. The quantitative estimate of drug-likeness (QED) is 0.232. The van der Waals surface area contributed by atoms with Gasteiger partial charge in [0.25, 0.3) is 0 Å². The van der Waals surface area contributed by atoms with E-state index in [0.717, 1.165) is 63.1 Å². The summed E-state index contributed by atoms with van der Waals surface area (Å²) >= 11 is 0. The molecule has 1 atom stereocenters. The van der Waals surface area contributed by atoms with E-state index >= 15 is 0 Å². The Kier molecular flexibility index (Phi) is 9.11. The first-order chi connectivity index (χ1) is 11.3. The SMILES string of the molecule is CCNC(=NCC1CCN(C2CC2)C1)NCCCOCC1CC1.I. The fourth-order valence-electron chi connectivity index (χ4n) is 3.26. The summed E-state index contributed by atoms with van der Waals surface area (Å²) in [6, 6.07) is 0.908. The molecule has 3 fully saturated rings. The number of hydrogen-bond donors (Lipinski definition) is 2. The van der Waals surface area contributed by atoms with Crippen LogP contribution in [0.3, 0.4) is 0 Å². The van der Waals surface area contributed by atoms with Gasteiger partial charge in [-0.1, -0.05) is 0 Å². The monoisotopic (exact) mass is 450 g/mol. The van der Waals surface area contributed by atoms with E-state index in [1.165, 1.54) is 45.2 Å². The largest absolute Gasteiger partial charge is 0.381 e. The van der Waals surface area contributed by atoms with E-state index in [9.17, 15) is 0 Å². The number of aliphatic imine (C=N–C) groups is 1. The van der Waals surface area contributed by atoms with Crippen LogP contribution in [0.4, 0.5) is 0 Å². The standard InChI is InChI=1S/C18H34N4O.HI/c1-2-19-18(20-9-3-11-23-14-15-4-5-15)21-12-16-8-10-22(13-16)17-6-7-17;/h15-17H,2-14H2,1H3,(H2,19,20,21);1H. The molecule has 6 heteroatoms. The lowest BCUT2D eigenvalue weighted by molar-refractivity contribution is 0.123. The van der Waals surface area contributed by atoms with Gasteiger partial charge in [0.05, 0.1) is 0 Å². The molecule has 0 aromatic carbocycles. The average Bonchev–Trinajstić information content (AvgIpc) is 3.48. The molecule has 1 saturated heterocycles. The first kappa shape index (κ1) is 20.2. The molecule has 140 valence electrons. The van der Waals surface area contributed by atoms with Crippen LogP contribution in [0.2, 0.25) is 0 Å². The molecule has 0 amide bonds. The van der Waals surface area contributed by atoms with Crippen LogP contribution in [0.15, 0.2) is 4.99 Å². The van der Waals surface area contributed by atoms with Gasteiger partial charge in [-0.3, -0.25) is 4.99 Å². The highest BCUT2D eigenvalue weighted by Gasteiger charge is 2.34. The maximum atomic E-state index is 5.67. The van der Waals surface area contributed by atoms with Crippen molar-refractivity contribution >= 4 is 29.9 Å². The molecule has 2 saturated carbocycles. The smallest absolute Gasteiger partial charge is 0.191 e. The lowest BCUT2D eigenvalue weighted by atomic mass is 10.1. The number of ether oxygens (including phenoxy) is 1. The molecule has 0 radical (unpaired) electrons. The number of rotatable bonds is 10. The van der Waals surface area contributed by atoms with E-state index in [2.05, 4.69) is 22.5 Å². The van der Waals surface area contributed by atoms with Crippen molar-refractivity contribution in [1.82, 2.24) is 15.5 Å². The summed E-state index contributed by atoms with van der Waals surface area (Å²) in [7, 11) is 0. The summed E-state index contributed by atoms with van der Waals surface area (Å²) in [5, 5.41) is 6.80. The second-order valence-corrected chi connectivity index (χ2v) is 7.40. The third-order valence-corrected chi connectivity index (χ3v) is 5.04. The first-order valence-electron chi connectivity index (χ1n) is 9.69. The fourth-order valence-corrected chi connectivity index (χ4v) is 3.26. The highest BCUT2D eigenvalue weighted by atomic mass is 127. The predicted molar refractivity (Wildman–Crippen MR) is 110 cm³/mol. The molecular formula is C18H35IN4O. The molecule has 1 heterocycles. The number of nitrogens with zero attached hydrogens (tertiary/aromatic N) is 2. The molecule has 24 heavy (non-hydrogen) atoms. The Bertz CT molecular complexity index is 385. The van der Waals surface area contributed by atoms with E-state index < -0.39 is 0 Å². The summed E-state index contributed by atoms with van der Waals surface area (Å²) in [5.74, 6) is 2.58. The Balaban J connectivity index is 0.00000208. The molecule has 2 aliphatic carbocycles. The highest BCUT2D eigenvalue weighted by Crippen LogP contribution is 2.31. The molecule has 3 rings (SSSR count). The Morgan fingerprint density at radius 3 is 2.67 bits per heavy atom. The maximum Gasteiger partial charge on any atom is 0.191 e. The van der Waals surface area contributed by atoms with Crippen molar-refractivity contribution in [3.63, 3.8) is 0 Å². The highest BCUT2D eigenvalue weighted by molar-refractivity contribution is 14.0. The zero-order chi connectivity index (χ0) is 15.9. The van der Waals surface area contributed by atoms with E-state index in [1.54, 1.807) is 0 Å². The first-order valence-corrected chi connectivity index (χ1v) is 9.69. The summed E-state index contributed by atoms with van der Waals surface area (Å²) in [6.07, 6.45) is 7.94.